The van der Waals surface area contributed by atoms with Crippen LogP contribution in [0.2, 0.25) is 0 Å². The van der Waals surface area contributed by atoms with Crippen LogP contribution < -0.4 is 10.3 Å². The lowest BCUT2D eigenvalue weighted by molar-refractivity contribution is -0.0953. The minimum atomic E-state index is -0.235. The maximum Gasteiger partial charge on any atom is 0.254 e. The predicted octanol–water partition coefficient (Wildman–Crippen LogP) is 3.29. The maximum atomic E-state index is 13.4. The Balaban J connectivity index is 1.65. The Bertz CT molecular complexity index is 1150. The summed E-state index contributed by atoms with van der Waals surface area (Å²) in [6.07, 6.45) is -0.235. The van der Waals surface area contributed by atoms with Gasteiger partial charge in [-0.2, -0.15) is 0 Å². The zero-order valence-corrected chi connectivity index (χ0v) is 18.4. The molecule has 1 amide bonds. The highest BCUT2D eigenvalue weighted by Gasteiger charge is 2.24. The van der Waals surface area contributed by atoms with E-state index in [2.05, 4.69) is 4.98 Å². The second kappa shape index (κ2) is 9.97. The van der Waals surface area contributed by atoms with Gasteiger partial charge in [0, 0.05) is 28.6 Å². The van der Waals surface area contributed by atoms with Crippen LogP contribution in [0.3, 0.4) is 0 Å². The van der Waals surface area contributed by atoms with Gasteiger partial charge in [-0.3, -0.25) is 9.59 Å². The van der Waals surface area contributed by atoms with Crippen LogP contribution in [0.5, 0.6) is 5.75 Å². The van der Waals surface area contributed by atoms with E-state index in [4.69, 9.17) is 14.2 Å². The monoisotopic (exact) mass is 436 g/mol. The SMILES string of the molecule is CCOc1ccc2[nH]c(=O)c(CN(CC3COCCO3)C(=O)c3cccc(C)c3)cc2c1. The van der Waals surface area contributed by atoms with E-state index < -0.39 is 0 Å². The van der Waals surface area contributed by atoms with E-state index in [0.717, 1.165) is 22.2 Å². The minimum Gasteiger partial charge on any atom is -0.494 e. The number of aryl methyl sites for hydroxylation is 1. The molecule has 7 nitrogen and oxygen atoms in total. The van der Waals surface area contributed by atoms with Gasteiger partial charge in [-0.1, -0.05) is 17.7 Å². The highest BCUT2D eigenvalue weighted by atomic mass is 16.6. The molecule has 1 unspecified atom stereocenters. The molecule has 0 saturated carbocycles. The number of carbonyl (C=O) groups is 1. The Morgan fingerprint density at radius 3 is 2.81 bits per heavy atom. The van der Waals surface area contributed by atoms with Crippen molar-refractivity contribution in [2.24, 2.45) is 0 Å². The van der Waals surface area contributed by atoms with Gasteiger partial charge in [-0.25, -0.2) is 0 Å². The highest BCUT2D eigenvalue weighted by molar-refractivity contribution is 5.94. The summed E-state index contributed by atoms with van der Waals surface area (Å²) in [5.41, 5.74) is 2.59. The Hall–Kier alpha value is -3.16. The van der Waals surface area contributed by atoms with Crippen LogP contribution in [0, 0.1) is 6.92 Å². The molecule has 2 heterocycles. The number of carbonyl (C=O) groups excluding carboxylic acids is 1. The van der Waals surface area contributed by atoms with Gasteiger partial charge in [-0.05, 0) is 50.2 Å². The first-order chi connectivity index (χ1) is 15.5. The van der Waals surface area contributed by atoms with Crippen molar-refractivity contribution in [3.05, 3.63) is 75.6 Å². The number of aromatic nitrogens is 1. The summed E-state index contributed by atoms with van der Waals surface area (Å²) >= 11 is 0. The van der Waals surface area contributed by atoms with Crippen molar-refractivity contribution < 1.29 is 19.0 Å². The average Bonchev–Trinajstić information content (AvgIpc) is 2.79. The lowest BCUT2D eigenvalue weighted by atomic mass is 10.1. The molecule has 0 aliphatic carbocycles. The fourth-order valence-corrected chi connectivity index (χ4v) is 3.88. The largest absolute Gasteiger partial charge is 0.494 e. The summed E-state index contributed by atoms with van der Waals surface area (Å²) < 4.78 is 16.9. The van der Waals surface area contributed by atoms with Crippen LogP contribution in [-0.4, -0.2) is 54.9 Å². The van der Waals surface area contributed by atoms with Crippen molar-refractivity contribution >= 4 is 16.8 Å². The minimum absolute atomic E-state index is 0.148. The molecule has 1 aromatic heterocycles. The molecule has 1 saturated heterocycles. The number of H-pyrrole nitrogens is 1. The van der Waals surface area contributed by atoms with E-state index in [-0.39, 0.29) is 24.1 Å². The Morgan fingerprint density at radius 1 is 1.19 bits per heavy atom. The second-order valence-electron chi connectivity index (χ2n) is 7.93. The van der Waals surface area contributed by atoms with Crippen molar-refractivity contribution in [1.82, 2.24) is 9.88 Å². The molecule has 2 aromatic carbocycles. The van der Waals surface area contributed by atoms with Crippen molar-refractivity contribution in [3.63, 3.8) is 0 Å². The van der Waals surface area contributed by atoms with Gasteiger partial charge in [0.05, 0.1) is 39.1 Å². The lowest BCUT2D eigenvalue weighted by Gasteiger charge is -2.30. The molecule has 1 fully saturated rings. The first-order valence-corrected chi connectivity index (χ1v) is 10.9. The molecule has 1 atom stereocenters. The Morgan fingerprint density at radius 2 is 2.06 bits per heavy atom. The molecule has 3 aromatic rings. The van der Waals surface area contributed by atoms with Gasteiger partial charge in [0.1, 0.15) is 5.75 Å². The zero-order valence-electron chi connectivity index (χ0n) is 18.4. The molecule has 1 N–H and O–H groups in total. The molecular weight excluding hydrogens is 408 g/mol. The Labute approximate surface area is 186 Å². The van der Waals surface area contributed by atoms with Crippen LogP contribution in [0.4, 0.5) is 0 Å². The number of fused-ring (bicyclic) bond motifs is 1. The Kier molecular flexibility index (Phi) is 6.87. The zero-order chi connectivity index (χ0) is 22.5. The standard InChI is InChI=1S/C25H28N2O5/c1-3-31-21-7-8-23-19(13-21)12-20(24(28)26-23)14-27(15-22-16-30-9-10-32-22)25(29)18-6-4-5-17(2)11-18/h4-8,11-13,22H,3,9-10,14-16H2,1-2H3,(H,26,28). The van der Waals surface area contributed by atoms with Gasteiger partial charge in [-0.15, -0.1) is 0 Å². The van der Waals surface area contributed by atoms with E-state index in [1.54, 1.807) is 11.0 Å². The molecule has 7 heteroatoms. The summed E-state index contributed by atoms with van der Waals surface area (Å²) in [5.74, 6) is 0.587. The van der Waals surface area contributed by atoms with Crippen LogP contribution in [0.25, 0.3) is 10.9 Å². The molecule has 0 spiro atoms. The third-order valence-electron chi connectivity index (χ3n) is 5.43. The summed E-state index contributed by atoms with van der Waals surface area (Å²) in [4.78, 5) is 30.8. The van der Waals surface area contributed by atoms with Crippen molar-refractivity contribution in [3.8, 4) is 5.75 Å². The molecule has 1 aliphatic rings. The van der Waals surface area contributed by atoms with Crippen molar-refractivity contribution in [2.45, 2.75) is 26.5 Å². The number of nitrogens with zero attached hydrogens (tertiary/aromatic N) is 1. The van der Waals surface area contributed by atoms with Gasteiger partial charge >= 0.3 is 0 Å². The number of benzene rings is 2. The van der Waals surface area contributed by atoms with E-state index >= 15 is 0 Å². The first kappa shape index (κ1) is 22.0. The normalized spacial score (nSPS) is 16.1. The summed E-state index contributed by atoms with van der Waals surface area (Å²) in [7, 11) is 0. The summed E-state index contributed by atoms with van der Waals surface area (Å²) in [6.45, 7) is 6.40. The number of hydrogen-bond acceptors (Lipinski definition) is 5. The van der Waals surface area contributed by atoms with Crippen molar-refractivity contribution in [2.75, 3.05) is 33.0 Å². The van der Waals surface area contributed by atoms with E-state index in [9.17, 15) is 9.59 Å². The average molecular weight is 437 g/mol. The smallest absolute Gasteiger partial charge is 0.254 e. The highest BCUT2D eigenvalue weighted by Crippen LogP contribution is 2.20. The number of rotatable bonds is 7. The predicted molar refractivity (Wildman–Crippen MR) is 122 cm³/mol. The third kappa shape index (κ3) is 5.18. The number of aromatic amines is 1. The van der Waals surface area contributed by atoms with Gasteiger partial charge < -0.3 is 24.1 Å². The fraction of sp³-hybridized carbons (Fsp3) is 0.360. The number of amides is 1. The number of pyridine rings is 1. The van der Waals surface area contributed by atoms with E-state index in [1.165, 1.54) is 0 Å². The number of ether oxygens (including phenoxy) is 3. The first-order valence-electron chi connectivity index (χ1n) is 10.9. The van der Waals surface area contributed by atoms with E-state index in [0.29, 0.717) is 44.1 Å². The molecule has 32 heavy (non-hydrogen) atoms. The molecule has 0 bridgehead atoms. The number of hydrogen-bond donors (Lipinski definition) is 1. The van der Waals surface area contributed by atoms with Gasteiger partial charge in [0.15, 0.2) is 0 Å². The molecule has 168 valence electrons. The molecular formula is C25H28N2O5. The molecule has 0 radical (unpaired) electrons. The van der Waals surface area contributed by atoms with Gasteiger partial charge in [0.2, 0.25) is 0 Å². The van der Waals surface area contributed by atoms with Crippen molar-refractivity contribution in [1.29, 1.82) is 0 Å². The molecule has 1 aliphatic heterocycles. The summed E-state index contributed by atoms with van der Waals surface area (Å²) in [6, 6.07) is 14.8. The van der Waals surface area contributed by atoms with Crippen LogP contribution >= 0.6 is 0 Å². The summed E-state index contributed by atoms with van der Waals surface area (Å²) in [5, 5.41) is 0.853. The van der Waals surface area contributed by atoms with Crippen LogP contribution in [0.15, 0.2) is 53.3 Å². The quantitative estimate of drug-likeness (QED) is 0.615. The topological polar surface area (TPSA) is 80.9 Å². The van der Waals surface area contributed by atoms with Crippen LogP contribution in [-0.2, 0) is 16.0 Å². The number of nitrogens with one attached hydrogen (secondary N) is 1. The third-order valence-corrected chi connectivity index (χ3v) is 5.43. The lowest BCUT2D eigenvalue weighted by Crippen LogP contribution is -2.43. The van der Waals surface area contributed by atoms with E-state index in [1.807, 2.05) is 56.3 Å². The second-order valence-corrected chi connectivity index (χ2v) is 7.93. The van der Waals surface area contributed by atoms with Crippen LogP contribution in [0.1, 0.15) is 28.4 Å². The van der Waals surface area contributed by atoms with Gasteiger partial charge in [0.25, 0.3) is 11.5 Å². The fourth-order valence-electron chi connectivity index (χ4n) is 3.88. The maximum absolute atomic E-state index is 13.4. The molecule has 4 rings (SSSR count).